The van der Waals surface area contributed by atoms with Crippen LogP contribution >= 0.6 is 11.6 Å². The van der Waals surface area contributed by atoms with Crippen molar-refractivity contribution in [3.63, 3.8) is 0 Å². The molecule has 1 aliphatic rings. The van der Waals surface area contributed by atoms with Gasteiger partial charge in [-0.15, -0.1) is 0 Å². The number of halogens is 4. The third kappa shape index (κ3) is 7.17. The van der Waals surface area contributed by atoms with Crippen LogP contribution in [0.5, 0.6) is 0 Å². The first-order valence-corrected chi connectivity index (χ1v) is 10.2. The first kappa shape index (κ1) is 24.5. The summed E-state index contributed by atoms with van der Waals surface area (Å²) in [5.74, 6) is -2.02. The van der Waals surface area contributed by atoms with Gasteiger partial charge in [-0.3, -0.25) is 4.79 Å². The van der Waals surface area contributed by atoms with Crippen LogP contribution in [0.4, 0.5) is 18.9 Å². The maximum absolute atomic E-state index is 12.1. The van der Waals surface area contributed by atoms with Gasteiger partial charge in [0.25, 0.3) is 0 Å². The van der Waals surface area contributed by atoms with Crippen LogP contribution in [0.2, 0.25) is 5.02 Å². The zero-order valence-corrected chi connectivity index (χ0v) is 17.8. The molecule has 2 heterocycles. The minimum Gasteiger partial charge on any atom is -0.475 e. The highest BCUT2D eigenvalue weighted by Gasteiger charge is 2.38. The predicted molar refractivity (Wildman–Crippen MR) is 116 cm³/mol. The Kier molecular flexibility index (Phi) is 7.90. The van der Waals surface area contributed by atoms with Crippen LogP contribution in [0.25, 0.3) is 22.4 Å². The second-order valence-corrected chi connectivity index (χ2v) is 7.54. The molecule has 1 aliphatic heterocycles. The summed E-state index contributed by atoms with van der Waals surface area (Å²) >= 11 is 6.01. The fourth-order valence-corrected chi connectivity index (χ4v) is 3.19. The Labute approximate surface area is 191 Å². The standard InChI is InChI=1S/C19H19ClN4O2.C2HF3O2/c20-13-3-6-16-17(9-13)24-19(23-16)12-1-4-14(5-2-12)22-18(25)10-15-11-26-8-7-21-15;3-2(4,5)1(6)7/h1-6,9,15,21H,7-8,10-11H2,(H,22,25)(H,23,24);(H,6,7). The summed E-state index contributed by atoms with van der Waals surface area (Å²) in [6, 6.07) is 13.2. The predicted octanol–water partition coefficient (Wildman–Crippen LogP) is 3.83. The zero-order chi connectivity index (χ0) is 24.0. The number of anilines is 1. The number of benzene rings is 2. The number of carboxylic acids is 1. The molecule has 1 unspecified atom stereocenters. The van der Waals surface area contributed by atoms with Crippen molar-refractivity contribution in [2.45, 2.75) is 18.6 Å². The minimum absolute atomic E-state index is 0.0286. The van der Waals surface area contributed by atoms with E-state index in [1.165, 1.54) is 0 Å². The van der Waals surface area contributed by atoms with Crippen molar-refractivity contribution in [3.05, 3.63) is 47.5 Å². The molecule has 3 aromatic rings. The Bertz CT molecular complexity index is 1110. The number of nitrogens with zero attached hydrogens (tertiary/aromatic N) is 1. The van der Waals surface area contributed by atoms with Crippen LogP contribution in [-0.4, -0.2) is 58.9 Å². The number of nitrogens with one attached hydrogen (secondary N) is 3. The molecule has 8 nitrogen and oxygen atoms in total. The van der Waals surface area contributed by atoms with E-state index in [1.54, 1.807) is 0 Å². The summed E-state index contributed by atoms with van der Waals surface area (Å²) in [7, 11) is 0. The van der Waals surface area contributed by atoms with E-state index in [2.05, 4.69) is 20.6 Å². The average molecular weight is 485 g/mol. The van der Waals surface area contributed by atoms with Gasteiger partial charge in [-0.1, -0.05) is 11.6 Å². The number of aromatic nitrogens is 2. The van der Waals surface area contributed by atoms with Gasteiger partial charge in [0.05, 0.1) is 24.2 Å². The largest absolute Gasteiger partial charge is 0.490 e. The lowest BCUT2D eigenvalue weighted by Gasteiger charge is -2.23. The highest BCUT2D eigenvalue weighted by molar-refractivity contribution is 6.31. The monoisotopic (exact) mass is 484 g/mol. The van der Waals surface area contributed by atoms with Gasteiger partial charge in [0.1, 0.15) is 5.82 Å². The quantitative estimate of drug-likeness (QED) is 0.447. The van der Waals surface area contributed by atoms with Crippen LogP contribution in [0.3, 0.4) is 0 Å². The lowest BCUT2D eigenvalue weighted by atomic mass is 10.1. The van der Waals surface area contributed by atoms with E-state index in [-0.39, 0.29) is 11.9 Å². The molecule has 0 aliphatic carbocycles. The van der Waals surface area contributed by atoms with Crippen molar-refractivity contribution in [1.82, 2.24) is 15.3 Å². The van der Waals surface area contributed by atoms with Crippen molar-refractivity contribution < 1.29 is 32.6 Å². The number of carbonyl (C=O) groups excluding carboxylic acids is 1. The summed E-state index contributed by atoms with van der Waals surface area (Å²) in [6.07, 6.45) is -4.69. The van der Waals surface area contributed by atoms with E-state index in [9.17, 15) is 18.0 Å². The number of aromatic amines is 1. The maximum atomic E-state index is 12.1. The van der Waals surface area contributed by atoms with Crippen molar-refractivity contribution in [2.75, 3.05) is 25.1 Å². The number of aliphatic carboxylic acids is 1. The van der Waals surface area contributed by atoms with Crippen LogP contribution in [0.1, 0.15) is 6.42 Å². The van der Waals surface area contributed by atoms with E-state index in [1.807, 2.05) is 42.5 Å². The molecule has 4 N–H and O–H groups in total. The second kappa shape index (κ2) is 10.6. The number of alkyl halides is 3. The Morgan fingerprint density at radius 1 is 1.21 bits per heavy atom. The number of carboxylic acid groups (broad SMARTS) is 1. The lowest BCUT2D eigenvalue weighted by Crippen LogP contribution is -2.43. The number of hydrogen-bond donors (Lipinski definition) is 4. The van der Waals surface area contributed by atoms with E-state index in [4.69, 9.17) is 26.2 Å². The van der Waals surface area contributed by atoms with Crippen LogP contribution in [-0.2, 0) is 14.3 Å². The van der Waals surface area contributed by atoms with Crippen molar-refractivity contribution in [2.24, 2.45) is 0 Å². The molecular weight excluding hydrogens is 465 g/mol. The third-order valence-corrected chi connectivity index (χ3v) is 4.79. The van der Waals surface area contributed by atoms with E-state index < -0.39 is 12.1 Å². The number of fused-ring (bicyclic) bond motifs is 1. The topological polar surface area (TPSA) is 116 Å². The van der Waals surface area contributed by atoms with Gasteiger partial charge in [0.15, 0.2) is 0 Å². The summed E-state index contributed by atoms with van der Waals surface area (Å²) < 4.78 is 37.1. The minimum atomic E-state index is -5.08. The van der Waals surface area contributed by atoms with Crippen LogP contribution < -0.4 is 10.6 Å². The van der Waals surface area contributed by atoms with Gasteiger partial charge in [-0.05, 0) is 42.5 Å². The lowest BCUT2D eigenvalue weighted by molar-refractivity contribution is -0.192. The van der Waals surface area contributed by atoms with Crippen molar-refractivity contribution >= 4 is 40.2 Å². The SMILES string of the molecule is O=C(CC1COCCN1)Nc1ccc(-c2nc3ccc(Cl)cc3[nH]2)cc1.O=C(O)C(F)(F)F. The molecule has 0 saturated carbocycles. The zero-order valence-electron chi connectivity index (χ0n) is 17.1. The number of ether oxygens (including phenoxy) is 1. The Morgan fingerprint density at radius 2 is 1.91 bits per heavy atom. The van der Waals surface area contributed by atoms with Gasteiger partial charge < -0.3 is 25.5 Å². The molecule has 12 heteroatoms. The molecule has 0 spiro atoms. The van der Waals surface area contributed by atoms with Gasteiger partial charge in [0, 0.05) is 35.3 Å². The highest BCUT2D eigenvalue weighted by Crippen LogP contribution is 2.24. The molecular formula is C21H20ClF3N4O4. The number of H-pyrrole nitrogens is 1. The first-order valence-electron chi connectivity index (χ1n) is 9.78. The molecule has 1 saturated heterocycles. The normalized spacial score (nSPS) is 16.1. The summed E-state index contributed by atoms with van der Waals surface area (Å²) in [5, 5.41) is 14.0. The van der Waals surface area contributed by atoms with Crippen molar-refractivity contribution in [1.29, 1.82) is 0 Å². The molecule has 33 heavy (non-hydrogen) atoms. The maximum Gasteiger partial charge on any atom is 0.490 e. The Morgan fingerprint density at radius 3 is 2.52 bits per heavy atom. The number of rotatable bonds is 4. The van der Waals surface area contributed by atoms with Gasteiger partial charge in [-0.25, -0.2) is 9.78 Å². The average Bonchev–Trinajstić information content (AvgIpc) is 3.18. The second-order valence-electron chi connectivity index (χ2n) is 7.11. The van der Waals surface area contributed by atoms with E-state index >= 15 is 0 Å². The summed E-state index contributed by atoms with van der Waals surface area (Å²) in [6.45, 7) is 2.06. The highest BCUT2D eigenvalue weighted by atomic mass is 35.5. The van der Waals surface area contributed by atoms with Crippen LogP contribution in [0.15, 0.2) is 42.5 Å². The van der Waals surface area contributed by atoms with Gasteiger partial charge in [-0.2, -0.15) is 13.2 Å². The third-order valence-electron chi connectivity index (χ3n) is 4.56. The number of carbonyl (C=O) groups is 2. The summed E-state index contributed by atoms with van der Waals surface area (Å²) in [4.78, 5) is 28.9. The first-order chi connectivity index (χ1) is 15.6. The molecule has 176 valence electrons. The molecule has 1 aromatic heterocycles. The van der Waals surface area contributed by atoms with Gasteiger partial charge in [0.2, 0.25) is 5.91 Å². The van der Waals surface area contributed by atoms with Crippen LogP contribution in [0, 0.1) is 0 Å². The molecule has 0 radical (unpaired) electrons. The molecule has 0 bridgehead atoms. The van der Waals surface area contributed by atoms with E-state index in [0.29, 0.717) is 24.7 Å². The summed E-state index contributed by atoms with van der Waals surface area (Å²) in [5.41, 5.74) is 3.46. The van der Waals surface area contributed by atoms with Crippen molar-refractivity contribution in [3.8, 4) is 11.4 Å². The van der Waals surface area contributed by atoms with E-state index in [0.717, 1.165) is 34.7 Å². The number of hydrogen-bond acceptors (Lipinski definition) is 5. The van der Waals surface area contributed by atoms with Gasteiger partial charge >= 0.3 is 12.1 Å². The number of imidazole rings is 1. The molecule has 4 rings (SSSR count). The molecule has 2 aromatic carbocycles. The fraction of sp³-hybridized carbons (Fsp3) is 0.286. The number of morpholine rings is 1. The Balaban J connectivity index is 0.000000383. The Hall–Kier alpha value is -3.15. The molecule has 1 fully saturated rings. The molecule has 1 amide bonds. The number of amides is 1. The molecule has 1 atom stereocenters. The fourth-order valence-electron chi connectivity index (χ4n) is 3.02. The smallest absolute Gasteiger partial charge is 0.475 e.